The van der Waals surface area contributed by atoms with Gasteiger partial charge in [-0.1, -0.05) is 0 Å². The summed E-state index contributed by atoms with van der Waals surface area (Å²) in [5, 5.41) is 8.78. The summed E-state index contributed by atoms with van der Waals surface area (Å²) in [6.45, 7) is 2.65. The second-order valence-electron chi connectivity index (χ2n) is 1.74. The lowest BCUT2D eigenvalue weighted by Gasteiger charge is -2.02. The molecular formula is C6H9ClO3. The number of ether oxygens (including phenoxy) is 1. The van der Waals surface area contributed by atoms with Crippen molar-refractivity contribution in [3.05, 3.63) is 11.5 Å². The van der Waals surface area contributed by atoms with Crippen molar-refractivity contribution in [1.82, 2.24) is 0 Å². The quantitative estimate of drug-likeness (QED) is 0.383. The van der Waals surface area contributed by atoms with Crippen molar-refractivity contribution in [2.24, 2.45) is 0 Å². The molecule has 0 aromatic carbocycles. The molecule has 0 saturated carbocycles. The van der Waals surface area contributed by atoms with E-state index >= 15 is 0 Å². The Morgan fingerprint density at radius 3 is 2.20 bits per heavy atom. The van der Waals surface area contributed by atoms with Crippen molar-refractivity contribution >= 4 is 17.6 Å². The molecule has 0 aliphatic rings. The van der Waals surface area contributed by atoms with Crippen LogP contribution >= 0.6 is 11.6 Å². The van der Waals surface area contributed by atoms with Crippen LogP contribution in [-0.4, -0.2) is 17.0 Å². The van der Waals surface area contributed by atoms with E-state index in [0.29, 0.717) is 0 Å². The average Bonchev–Trinajstić information content (AvgIpc) is 1.81. The van der Waals surface area contributed by atoms with Crippen LogP contribution < -0.4 is 0 Å². The molecule has 0 spiro atoms. The Labute approximate surface area is 64.2 Å². The van der Waals surface area contributed by atoms with Crippen LogP contribution in [0.25, 0.3) is 0 Å². The van der Waals surface area contributed by atoms with Crippen molar-refractivity contribution in [1.29, 1.82) is 0 Å². The fraction of sp³-hybridized carbons (Fsp3) is 0.500. The molecule has 0 aromatic heterocycles. The van der Waals surface area contributed by atoms with Gasteiger partial charge in [-0.25, -0.2) is 0 Å². The van der Waals surface area contributed by atoms with Crippen molar-refractivity contribution in [2.75, 3.05) is 5.88 Å². The predicted molar refractivity (Wildman–Crippen MR) is 37.8 cm³/mol. The van der Waals surface area contributed by atoms with Crippen molar-refractivity contribution < 1.29 is 14.6 Å². The topological polar surface area (TPSA) is 46.5 Å². The summed E-state index contributed by atoms with van der Waals surface area (Å²) in [5.74, 6) is -0.439. The maximum atomic E-state index is 10.3. The van der Waals surface area contributed by atoms with Gasteiger partial charge in [-0.2, -0.15) is 0 Å². The second kappa shape index (κ2) is 4.17. The molecule has 0 fully saturated rings. The summed E-state index contributed by atoms with van der Waals surface area (Å²) in [4.78, 5) is 10.3. The number of hydrogen-bond donors (Lipinski definition) is 1. The van der Waals surface area contributed by atoms with E-state index in [9.17, 15) is 4.79 Å². The maximum Gasteiger partial charge on any atom is 0.307 e. The highest BCUT2D eigenvalue weighted by Gasteiger charge is 2.03. The highest BCUT2D eigenvalue weighted by molar-refractivity contribution is 6.19. The Bertz CT molecular complexity index is 158. The highest BCUT2D eigenvalue weighted by atomic mass is 35.5. The Morgan fingerprint density at radius 2 is 2.10 bits per heavy atom. The van der Waals surface area contributed by atoms with Crippen LogP contribution in [0.1, 0.15) is 13.8 Å². The van der Waals surface area contributed by atoms with E-state index in [1.807, 2.05) is 0 Å². The van der Waals surface area contributed by atoms with Crippen molar-refractivity contribution in [3.8, 4) is 0 Å². The molecule has 0 bridgehead atoms. The first-order chi connectivity index (χ1) is 4.57. The third-order valence-corrected chi connectivity index (χ3v) is 1.03. The molecule has 0 aromatic rings. The van der Waals surface area contributed by atoms with Crippen LogP contribution in [0.2, 0.25) is 0 Å². The molecular weight excluding hydrogens is 156 g/mol. The molecule has 0 radical (unpaired) electrons. The third kappa shape index (κ3) is 3.35. The number of aliphatic hydroxyl groups excluding tert-OH is 1. The molecule has 0 atom stereocenters. The third-order valence-electron chi connectivity index (χ3n) is 0.792. The number of esters is 1. The molecule has 0 aliphatic carbocycles. The zero-order valence-electron chi connectivity index (χ0n) is 5.85. The first-order valence-electron chi connectivity index (χ1n) is 2.71. The molecule has 0 unspecified atom stereocenters. The Kier molecular flexibility index (Phi) is 3.88. The number of aliphatic hydroxyl groups is 1. The summed E-state index contributed by atoms with van der Waals surface area (Å²) in [5.41, 5.74) is 0. The second-order valence-corrected chi connectivity index (χ2v) is 2.00. The molecule has 0 aliphatic heterocycles. The highest BCUT2D eigenvalue weighted by Crippen LogP contribution is 2.05. The number of carbonyl (C=O) groups is 1. The monoisotopic (exact) mass is 164 g/mol. The lowest BCUT2D eigenvalue weighted by Crippen LogP contribution is -2.02. The van der Waals surface area contributed by atoms with Gasteiger partial charge in [0.15, 0.2) is 5.76 Å². The Balaban J connectivity index is 4.11. The summed E-state index contributed by atoms with van der Waals surface area (Å²) in [7, 11) is 0. The molecule has 0 rings (SSSR count). The Morgan fingerprint density at radius 1 is 1.60 bits per heavy atom. The summed E-state index contributed by atoms with van der Waals surface area (Å²) >= 11 is 5.31. The van der Waals surface area contributed by atoms with Crippen LogP contribution in [0.4, 0.5) is 0 Å². The van der Waals surface area contributed by atoms with E-state index in [-0.39, 0.29) is 17.4 Å². The van der Waals surface area contributed by atoms with Gasteiger partial charge in [0.1, 0.15) is 5.76 Å². The van der Waals surface area contributed by atoms with Gasteiger partial charge >= 0.3 is 5.97 Å². The molecule has 4 heteroatoms. The number of rotatable bonds is 2. The molecule has 0 saturated heterocycles. The van der Waals surface area contributed by atoms with Gasteiger partial charge in [-0.3, -0.25) is 4.79 Å². The maximum absolute atomic E-state index is 10.3. The van der Waals surface area contributed by atoms with E-state index in [2.05, 4.69) is 4.74 Å². The number of hydrogen-bond acceptors (Lipinski definition) is 3. The summed E-state index contributed by atoms with van der Waals surface area (Å²) in [6.07, 6.45) is 0. The first kappa shape index (κ1) is 9.30. The van der Waals surface area contributed by atoms with E-state index in [4.69, 9.17) is 16.7 Å². The minimum atomic E-state index is -0.482. The van der Waals surface area contributed by atoms with E-state index in [0.717, 1.165) is 0 Å². The fourth-order valence-corrected chi connectivity index (χ4v) is 0.619. The van der Waals surface area contributed by atoms with Gasteiger partial charge in [-0.15, -0.1) is 11.6 Å². The number of alkyl halides is 1. The molecule has 58 valence electrons. The predicted octanol–water partition coefficient (Wildman–Crippen LogP) is 1.58. The van der Waals surface area contributed by atoms with Crippen LogP contribution in [0, 0.1) is 0 Å². The zero-order chi connectivity index (χ0) is 8.15. The SMILES string of the molecule is CC(=O)O/C(CCl)=C(/C)O. The smallest absolute Gasteiger partial charge is 0.307 e. The van der Waals surface area contributed by atoms with Crippen molar-refractivity contribution in [2.45, 2.75) is 13.8 Å². The van der Waals surface area contributed by atoms with Gasteiger partial charge in [0.05, 0.1) is 5.88 Å². The largest absolute Gasteiger partial charge is 0.509 e. The van der Waals surface area contributed by atoms with E-state index in [1.54, 1.807) is 0 Å². The van der Waals surface area contributed by atoms with Crippen LogP contribution in [-0.2, 0) is 9.53 Å². The molecule has 10 heavy (non-hydrogen) atoms. The molecule has 0 heterocycles. The summed E-state index contributed by atoms with van der Waals surface area (Å²) in [6, 6.07) is 0. The molecule has 0 amide bonds. The van der Waals surface area contributed by atoms with E-state index in [1.165, 1.54) is 13.8 Å². The summed E-state index contributed by atoms with van der Waals surface area (Å²) < 4.78 is 4.52. The van der Waals surface area contributed by atoms with Gasteiger partial charge < -0.3 is 9.84 Å². The standard InChI is InChI=1S/C6H9ClO3/c1-4(8)6(3-7)10-5(2)9/h8H,3H2,1-2H3/b6-4-. The van der Waals surface area contributed by atoms with Gasteiger partial charge in [0.25, 0.3) is 0 Å². The van der Waals surface area contributed by atoms with Crippen molar-refractivity contribution in [3.63, 3.8) is 0 Å². The first-order valence-corrected chi connectivity index (χ1v) is 3.24. The fourth-order valence-electron chi connectivity index (χ4n) is 0.371. The lowest BCUT2D eigenvalue weighted by atomic mass is 10.5. The lowest BCUT2D eigenvalue weighted by molar-refractivity contribution is -0.137. The van der Waals surface area contributed by atoms with Gasteiger partial charge in [0.2, 0.25) is 0 Å². The number of halogens is 1. The minimum absolute atomic E-state index is 0.00190. The number of carbonyl (C=O) groups excluding carboxylic acids is 1. The Hall–Kier alpha value is -0.700. The van der Waals surface area contributed by atoms with Crippen LogP contribution in [0.15, 0.2) is 11.5 Å². The molecule has 1 N–H and O–H groups in total. The van der Waals surface area contributed by atoms with Gasteiger partial charge in [0, 0.05) is 6.92 Å². The number of allylic oxidation sites excluding steroid dienone is 2. The average molecular weight is 165 g/mol. The van der Waals surface area contributed by atoms with Gasteiger partial charge in [-0.05, 0) is 6.92 Å². The van der Waals surface area contributed by atoms with Crippen LogP contribution in [0.5, 0.6) is 0 Å². The normalized spacial score (nSPS) is 12.3. The van der Waals surface area contributed by atoms with E-state index < -0.39 is 5.97 Å². The van der Waals surface area contributed by atoms with Crippen LogP contribution in [0.3, 0.4) is 0 Å². The minimum Gasteiger partial charge on any atom is -0.509 e. The zero-order valence-corrected chi connectivity index (χ0v) is 6.60. The molecule has 3 nitrogen and oxygen atoms in total.